The van der Waals surface area contributed by atoms with Gasteiger partial charge in [0.1, 0.15) is 0 Å². The van der Waals surface area contributed by atoms with E-state index in [2.05, 4.69) is 10.6 Å². The van der Waals surface area contributed by atoms with Crippen LogP contribution < -0.4 is 22.1 Å². The summed E-state index contributed by atoms with van der Waals surface area (Å²) in [4.78, 5) is 27.0. The normalized spacial score (nSPS) is 14.4. The predicted molar refractivity (Wildman–Crippen MR) is 134 cm³/mol. The average molecular weight is 434 g/mol. The summed E-state index contributed by atoms with van der Waals surface area (Å²) in [5, 5.41) is 7.79. The van der Waals surface area contributed by atoms with Gasteiger partial charge < -0.3 is 22.1 Å². The lowest BCUT2D eigenvalue weighted by Crippen LogP contribution is -2.30. The monoisotopic (exact) mass is 434 g/mol. The fraction of sp³-hybridized carbons (Fsp3) is 0.0370. The first-order chi connectivity index (χ1) is 16.0. The number of nitrogens with one attached hydrogen (secondary N) is 2. The third kappa shape index (κ3) is 3.90. The number of carbonyl (C=O) groups excluding carboxylic acids is 2. The molecule has 0 saturated heterocycles. The minimum Gasteiger partial charge on any atom is -0.399 e. The lowest BCUT2D eigenvalue weighted by molar-refractivity contribution is -0.119. The molecule has 5 rings (SSSR count). The van der Waals surface area contributed by atoms with Crippen molar-refractivity contribution in [3.05, 3.63) is 102 Å². The van der Waals surface area contributed by atoms with Crippen LogP contribution in [0, 0.1) is 0 Å². The molecule has 4 aromatic carbocycles. The number of nitrogen functional groups attached to an aromatic ring is 2. The Hall–Kier alpha value is -4.58. The van der Waals surface area contributed by atoms with E-state index in [1.807, 2.05) is 36.4 Å². The van der Waals surface area contributed by atoms with Crippen LogP contribution in [0.3, 0.4) is 0 Å². The minimum absolute atomic E-state index is 0.309. The highest BCUT2D eigenvalue weighted by Gasteiger charge is 2.34. The smallest absolute Gasteiger partial charge is 0.252 e. The van der Waals surface area contributed by atoms with E-state index in [9.17, 15) is 9.59 Å². The van der Waals surface area contributed by atoms with Crippen LogP contribution in [0.4, 0.5) is 22.7 Å². The molecule has 6 nitrogen and oxygen atoms in total. The molecular weight excluding hydrogens is 412 g/mol. The van der Waals surface area contributed by atoms with Gasteiger partial charge in [0.25, 0.3) is 5.91 Å². The molecule has 6 N–H and O–H groups in total. The van der Waals surface area contributed by atoms with Crippen molar-refractivity contribution in [2.75, 3.05) is 22.1 Å². The molecule has 0 saturated carbocycles. The Balaban J connectivity index is 1.58. The van der Waals surface area contributed by atoms with Gasteiger partial charge in [-0.1, -0.05) is 48.5 Å². The maximum atomic E-state index is 13.6. The van der Waals surface area contributed by atoms with Crippen molar-refractivity contribution in [1.29, 1.82) is 0 Å². The number of hydrogen-bond donors (Lipinski definition) is 4. The van der Waals surface area contributed by atoms with Crippen molar-refractivity contribution in [1.82, 2.24) is 0 Å². The van der Waals surface area contributed by atoms with Gasteiger partial charge in [-0.15, -0.1) is 0 Å². The van der Waals surface area contributed by atoms with E-state index in [1.54, 1.807) is 54.6 Å². The standard InChI is InChI=1S/C27H22N4O2/c28-18-8-3-10-20(14-18)30-26(32)23-13-17-7-1-5-16-6-2-12-22(24(16)17)25(23)27(33)31-21-11-4-9-19(29)15-21/h1-15,25H,28-29H2,(H,30,32)(H,31,33). The molecule has 0 aromatic heterocycles. The Morgan fingerprint density at radius 2 is 1.33 bits per heavy atom. The van der Waals surface area contributed by atoms with E-state index in [-0.39, 0.29) is 11.8 Å². The minimum atomic E-state index is -0.800. The Bertz CT molecular complexity index is 1440. The Kier molecular flexibility index (Phi) is 5.03. The molecule has 0 radical (unpaired) electrons. The molecule has 1 unspecified atom stereocenters. The fourth-order valence-electron chi connectivity index (χ4n) is 4.31. The second-order valence-electron chi connectivity index (χ2n) is 8.02. The van der Waals surface area contributed by atoms with E-state index in [0.717, 1.165) is 21.9 Å². The summed E-state index contributed by atoms with van der Waals surface area (Å²) in [6.07, 6.45) is 1.79. The number of amides is 2. The first kappa shape index (κ1) is 20.3. The molecule has 0 spiro atoms. The first-order valence-electron chi connectivity index (χ1n) is 10.6. The molecule has 4 aromatic rings. The van der Waals surface area contributed by atoms with Crippen LogP contribution in [0.5, 0.6) is 0 Å². The van der Waals surface area contributed by atoms with Crippen molar-refractivity contribution >= 4 is 51.4 Å². The number of carbonyl (C=O) groups is 2. The zero-order valence-corrected chi connectivity index (χ0v) is 17.7. The van der Waals surface area contributed by atoms with Crippen LogP contribution in [0.15, 0.2) is 90.5 Å². The number of hydrogen-bond acceptors (Lipinski definition) is 4. The average Bonchev–Trinajstić information content (AvgIpc) is 2.79. The lowest BCUT2D eigenvalue weighted by Gasteiger charge is -2.26. The molecule has 162 valence electrons. The van der Waals surface area contributed by atoms with Gasteiger partial charge in [0, 0.05) is 28.3 Å². The summed E-state index contributed by atoms with van der Waals surface area (Å²) >= 11 is 0. The van der Waals surface area contributed by atoms with Gasteiger partial charge in [0.15, 0.2) is 0 Å². The molecule has 1 atom stereocenters. The second-order valence-corrected chi connectivity index (χ2v) is 8.02. The van der Waals surface area contributed by atoms with Crippen molar-refractivity contribution < 1.29 is 9.59 Å². The second kappa shape index (κ2) is 8.16. The number of nitrogens with two attached hydrogens (primary N) is 2. The summed E-state index contributed by atoms with van der Waals surface area (Å²) in [5.74, 6) is -1.47. The van der Waals surface area contributed by atoms with E-state index in [4.69, 9.17) is 11.5 Å². The van der Waals surface area contributed by atoms with Crippen molar-refractivity contribution in [3.8, 4) is 0 Å². The number of benzene rings is 4. The van der Waals surface area contributed by atoms with Crippen LogP contribution in [-0.4, -0.2) is 11.8 Å². The highest BCUT2D eigenvalue weighted by atomic mass is 16.2. The molecule has 6 heteroatoms. The van der Waals surface area contributed by atoms with Crippen LogP contribution in [-0.2, 0) is 9.59 Å². The quantitative estimate of drug-likeness (QED) is 0.347. The zero-order chi connectivity index (χ0) is 22.9. The summed E-state index contributed by atoms with van der Waals surface area (Å²) in [6, 6.07) is 25.6. The van der Waals surface area contributed by atoms with Crippen molar-refractivity contribution in [3.63, 3.8) is 0 Å². The van der Waals surface area contributed by atoms with Gasteiger partial charge in [0.2, 0.25) is 5.91 Å². The molecule has 0 fully saturated rings. The molecule has 0 bridgehead atoms. The summed E-state index contributed by atoms with van der Waals surface area (Å²) in [7, 11) is 0. The Morgan fingerprint density at radius 3 is 2.00 bits per heavy atom. The number of anilines is 4. The van der Waals surface area contributed by atoms with E-state index < -0.39 is 5.92 Å². The van der Waals surface area contributed by atoms with E-state index in [0.29, 0.717) is 28.3 Å². The van der Waals surface area contributed by atoms with E-state index >= 15 is 0 Å². The molecule has 33 heavy (non-hydrogen) atoms. The third-order valence-electron chi connectivity index (χ3n) is 5.73. The highest BCUT2D eigenvalue weighted by molar-refractivity contribution is 6.18. The van der Waals surface area contributed by atoms with E-state index in [1.165, 1.54) is 0 Å². The summed E-state index contributed by atoms with van der Waals surface area (Å²) in [6.45, 7) is 0. The van der Waals surface area contributed by atoms with Crippen LogP contribution >= 0.6 is 0 Å². The first-order valence-corrected chi connectivity index (χ1v) is 10.6. The lowest BCUT2D eigenvalue weighted by atomic mass is 9.79. The van der Waals surface area contributed by atoms with Gasteiger partial charge in [-0.25, -0.2) is 0 Å². The van der Waals surface area contributed by atoms with Gasteiger partial charge in [-0.3, -0.25) is 9.59 Å². The maximum Gasteiger partial charge on any atom is 0.252 e. The van der Waals surface area contributed by atoms with Crippen LogP contribution in [0.25, 0.3) is 16.8 Å². The Labute approximate surface area is 190 Å². The molecular formula is C27H22N4O2. The summed E-state index contributed by atoms with van der Waals surface area (Å²) in [5.41, 5.74) is 16.0. The van der Waals surface area contributed by atoms with Gasteiger partial charge >= 0.3 is 0 Å². The topological polar surface area (TPSA) is 110 Å². The highest BCUT2D eigenvalue weighted by Crippen LogP contribution is 2.40. The van der Waals surface area contributed by atoms with Gasteiger partial charge in [-0.2, -0.15) is 0 Å². The molecule has 0 heterocycles. The van der Waals surface area contributed by atoms with Gasteiger partial charge in [0.05, 0.1) is 5.92 Å². The molecule has 1 aliphatic carbocycles. The third-order valence-corrected chi connectivity index (χ3v) is 5.73. The summed E-state index contributed by atoms with van der Waals surface area (Å²) < 4.78 is 0. The molecule has 1 aliphatic rings. The molecule has 0 aliphatic heterocycles. The van der Waals surface area contributed by atoms with Crippen molar-refractivity contribution in [2.24, 2.45) is 0 Å². The van der Waals surface area contributed by atoms with Crippen LogP contribution in [0.1, 0.15) is 17.0 Å². The predicted octanol–water partition coefficient (Wildman–Crippen LogP) is 4.76. The maximum absolute atomic E-state index is 13.6. The van der Waals surface area contributed by atoms with Crippen molar-refractivity contribution in [2.45, 2.75) is 5.92 Å². The molecule has 2 amide bonds. The zero-order valence-electron chi connectivity index (χ0n) is 17.7. The largest absolute Gasteiger partial charge is 0.399 e. The Morgan fingerprint density at radius 1 is 0.727 bits per heavy atom. The fourth-order valence-corrected chi connectivity index (χ4v) is 4.31. The number of rotatable bonds is 4. The van der Waals surface area contributed by atoms with Crippen LogP contribution in [0.2, 0.25) is 0 Å². The van der Waals surface area contributed by atoms with Gasteiger partial charge in [-0.05, 0) is 64.4 Å². The SMILES string of the molecule is Nc1cccc(NC(=O)C2=Cc3cccc4cccc(c34)C2C(=O)Nc2cccc(N)c2)c1.